The molecule has 62 valence electrons. The zero-order valence-electron chi connectivity index (χ0n) is 6.85. The lowest BCUT2D eigenvalue weighted by Crippen LogP contribution is -2.09. The zero-order chi connectivity index (χ0) is 9.46. The molecule has 1 rings (SSSR count). The highest BCUT2D eigenvalue weighted by Gasteiger charge is 2.13. The zero-order valence-corrected chi connectivity index (χ0v) is 8.44. The van der Waals surface area contributed by atoms with Crippen LogP contribution in [-0.4, -0.2) is 18.1 Å². The van der Waals surface area contributed by atoms with Crippen LogP contribution < -0.4 is 5.46 Å². The molecule has 0 aromatic heterocycles. The first-order chi connectivity index (χ1) is 5.46. The number of benzene rings is 1. The predicted octanol–water partition coefficient (Wildman–Crippen LogP) is 1.27. The van der Waals surface area contributed by atoms with Gasteiger partial charge in [-0.05, 0) is 24.9 Å². The van der Waals surface area contributed by atoms with E-state index in [2.05, 4.69) is 15.9 Å². The van der Waals surface area contributed by atoms with Gasteiger partial charge in [0.15, 0.2) is 11.5 Å². The van der Waals surface area contributed by atoms with Crippen molar-refractivity contribution in [2.75, 3.05) is 0 Å². The standard InChI is InChI=1S/C8H8BBrO2/c1-3-5(9)8(12)7(11)4(2)6(3)10/h11-12H,1-2H3. The fraction of sp³-hybridized carbons (Fsp3) is 0.250. The first-order valence-electron chi connectivity index (χ1n) is 3.42. The van der Waals surface area contributed by atoms with E-state index in [-0.39, 0.29) is 17.0 Å². The van der Waals surface area contributed by atoms with Crippen LogP contribution in [-0.2, 0) is 0 Å². The van der Waals surface area contributed by atoms with E-state index in [9.17, 15) is 10.2 Å². The highest BCUT2D eigenvalue weighted by atomic mass is 79.9. The Bertz CT molecular complexity index is 231. The largest absolute Gasteiger partial charge is 0.505 e. The molecule has 0 bridgehead atoms. The topological polar surface area (TPSA) is 40.5 Å². The Balaban J connectivity index is 3.60. The van der Waals surface area contributed by atoms with Crippen LogP contribution in [0.1, 0.15) is 11.1 Å². The van der Waals surface area contributed by atoms with E-state index in [1.165, 1.54) is 0 Å². The Morgan fingerprint density at radius 1 is 1.08 bits per heavy atom. The Kier molecular flexibility index (Phi) is 2.37. The molecule has 0 amide bonds. The van der Waals surface area contributed by atoms with Crippen molar-refractivity contribution in [2.45, 2.75) is 13.8 Å². The van der Waals surface area contributed by atoms with Gasteiger partial charge < -0.3 is 10.2 Å². The minimum Gasteiger partial charge on any atom is -0.505 e. The van der Waals surface area contributed by atoms with Crippen LogP contribution in [0, 0.1) is 13.8 Å². The summed E-state index contributed by atoms with van der Waals surface area (Å²) in [6, 6.07) is 0. The summed E-state index contributed by atoms with van der Waals surface area (Å²) in [6.45, 7) is 3.47. The van der Waals surface area contributed by atoms with E-state index in [0.29, 0.717) is 5.56 Å². The lowest BCUT2D eigenvalue weighted by molar-refractivity contribution is 0.403. The molecule has 0 saturated heterocycles. The maximum absolute atomic E-state index is 9.33. The molecular formula is C8H8BBrO2. The summed E-state index contributed by atoms with van der Waals surface area (Å²) in [5.41, 5.74) is 1.55. The third-order valence-corrected chi connectivity index (χ3v) is 3.09. The average molecular weight is 227 g/mol. The highest BCUT2D eigenvalue weighted by Crippen LogP contribution is 2.33. The predicted molar refractivity (Wildman–Crippen MR) is 52.3 cm³/mol. The SMILES string of the molecule is [B]c1c(C)c(Br)c(C)c(O)c1O. The molecule has 0 saturated carbocycles. The molecule has 2 nitrogen and oxygen atoms in total. The lowest BCUT2D eigenvalue weighted by Gasteiger charge is -2.11. The molecule has 0 aliphatic rings. The summed E-state index contributed by atoms with van der Waals surface area (Å²) in [7, 11) is 5.51. The molecule has 1 aromatic rings. The number of phenolic OH excluding ortho intramolecular Hbond substituents is 2. The van der Waals surface area contributed by atoms with Gasteiger partial charge in [0.25, 0.3) is 0 Å². The van der Waals surface area contributed by atoms with Crippen LogP contribution in [0.15, 0.2) is 4.47 Å². The minimum atomic E-state index is -0.242. The van der Waals surface area contributed by atoms with Gasteiger partial charge >= 0.3 is 0 Å². The van der Waals surface area contributed by atoms with Gasteiger partial charge in [0.1, 0.15) is 7.85 Å². The molecule has 0 unspecified atom stereocenters. The second kappa shape index (κ2) is 3.01. The van der Waals surface area contributed by atoms with E-state index < -0.39 is 0 Å². The van der Waals surface area contributed by atoms with Gasteiger partial charge in [-0.1, -0.05) is 15.9 Å². The number of hydrogen-bond acceptors (Lipinski definition) is 2. The van der Waals surface area contributed by atoms with Crippen molar-refractivity contribution in [1.82, 2.24) is 0 Å². The molecule has 4 heteroatoms. The number of aromatic hydroxyl groups is 2. The molecule has 0 heterocycles. The van der Waals surface area contributed by atoms with E-state index in [0.717, 1.165) is 10.0 Å². The summed E-state index contributed by atoms with van der Waals surface area (Å²) in [5, 5.41) is 18.6. The third-order valence-electron chi connectivity index (χ3n) is 1.90. The Morgan fingerprint density at radius 3 is 2.08 bits per heavy atom. The Labute approximate surface area is 80.8 Å². The molecule has 12 heavy (non-hydrogen) atoms. The fourth-order valence-corrected chi connectivity index (χ4v) is 1.39. The molecule has 0 aliphatic heterocycles. The van der Waals surface area contributed by atoms with Crippen molar-refractivity contribution in [3.63, 3.8) is 0 Å². The minimum absolute atomic E-state index is 0.162. The fourth-order valence-electron chi connectivity index (χ4n) is 0.986. The van der Waals surface area contributed by atoms with Crippen molar-refractivity contribution in [3.8, 4) is 11.5 Å². The quantitative estimate of drug-likeness (QED) is 0.517. The van der Waals surface area contributed by atoms with E-state index in [1.54, 1.807) is 13.8 Å². The molecule has 1 aromatic carbocycles. The van der Waals surface area contributed by atoms with Gasteiger partial charge in [-0.15, -0.1) is 0 Å². The molecule has 0 spiro atoms. The maximum Gasteiger partial charge on any atom is 0.160 e. The van der Waals surface area contributed by atoms with Crippen molar-refractivity contribution < 1.29 is 10.2 Å². The molecule has 0 aliphatic carbocycles. The molecule has 2 radical (unpaired) electrons. The van der Waals surface area contributed by atoms with Gasteiger partial charge in [0.05, 0.1) is 0 Å². The van der Waals surface area contributed by atoms with Crippen LogP contribution in [0.25, 0.3) is 0 Å². The maximum atomic E-state index is 9.33. The summed E-state index contributed by atoms with van der Waals surface area (Å²) in [6.07, 6.45) is 0. The number of phenols is 2. The van der Waals surface area contributed by atoms with E-state index >= 15 is 0 Å². The smallest absolute Gasteiger partial charge is 0.160 e. The van der Waals surface area contributed by atoms with Crippen LogP contribution in [0.4, 0.5) is 0 Å². The van der Waals surface area contributed by atoms with Crippen molar-refractivity contribution in [3.05, 3.63) is 15.6 Å². The highest BCUT2D eigenvalue weighted by molar-refractivity contribution is 9.10. The number of rotatable bonds is 0. The van der Waals surface area contributed by atoms with Crippen molar-refractivity contribution in [2.24, 2.45) is 0 Å². The van der Waals surface area contributed by atoms with Gasteiger partial charge in [0.2, 0.25) is 0 Å². The van der Waals surface area contributed by atoms with Crippen LogP contribution >= 0.6 is 15.9 Å². The molecule has 2 N–H and O–H groups in total. The van der Waals surface area contributed by atoms with Gasteiger partial charge in [0, 0.05) is 10.0 Å². The third kappa shape index (κ3) is 1.20. The normalized spacial score (nSPS) is 10.2. The summed E-state index contributed by atoms with van der Waals surface area (Å²) >= 11 is 3.26. The second-order valence-corrected chi connectivity index (χ2v) is 3.47. The van der Waals surface area contributed by atoms with Crippen LogP contribution in [0.3, 0.4) is 0 Å². The number of halogens is 1. The monoisotopic (exact) mass is 226 g/mol. The lowest BCUT2D eigenvalue weighted by atomic mass is 9.88. The van der Waals surface area contributed by atoms with Crippen LogP contribution in [0.5, 0.6) is 11.5 Å². The van der Waals surface area contributed by atoms with Gasteiger partial charge in [-0.25, -0.2) is 0 Å². The van der Waals surface area contributed by atoms with Gasteiger partial charge in [-0.3, -0.25) is 0 Å². The van der Waals surface area contributed by atoms with Crippen molar-refractivity contribution in [1.29, 1.82) is 0 Å². The molecule has 0 fully saturated rings. The van der Waals surface area contributed by atoms with E-state index in [1.807, 2.05) is 0 Å². The van der Waals surface area contributed by atoms with E-state index in [4.69, 9.17) is 7.85 Å². The van der Waals surface area contributed by atoms with Crippen molar-refractivity contribution >= 4 is 29.2 Å². The average Bonchev–Trinajstić information content (AvgIpc) is 2.08. The first kappa shape index (κ1) is 9.45. The van der Waals surface area contributed by atoms with Crippen LogP contribution in [0.2, 0.25) is 0 Å². The Morgan fingerprint density at radius 2 is 1.58 bits per heavy atom. The molecule has 0 atom stereocenters. The Hall–Kier alpha value is -0.635. The second-order valence-electron chi connectivity index (χ2n) is 2.67. The summed E-state index contributed by atoms with van der Waals surface area (Å²) < 4.78 is 0.732. The van der Waals surface area contributed by atoms with Gasteiger partial charge in [-0.2, -0.15) is 0 Å². The molecular weight excluding hydrogens is 219 g/mol. The summed E-state index contributed by atoms with van der Waals surface area (Å²) in [5.74, 6) is -0.404. The summed E-state index contributed by atoms with van der Waals surface area (Å²) in [4.78, 5) is 0. The first-order valence-corrected chi connectivity index (χ1v) is 4.22. The number of hydrogen-bond donors (Lipinski definition) is 2.